The summed E-state index contributed by atoms with van der Waals surface area (Å²) in [5.41, 5.74) is 1.18. The van der Waals surface area contributed by atoms with E-state index >= 15 is 0 Å². The molecule has 6 nitrogen and oxygen atoms in total. The van der Waals surface area contributed by atoms with Crippen LogP contribution >= 0.6 is 0 Å². The number of esters is 1. The number of likely N-dealkylation sites (tertiary alicyclic amines) is 2. The lowest BCUT2D eigenvalue weighted by Gasteiger charge is -2.49. The number of carbonyl (C=O) groups is 2. The van der Waals surface area contributed by atoms with Gasteiger partial charge in [0.15, 0.2) is 0 Å². The molecule has 1 aromatic rings. The highest BCUT2D eigenvalue weighted by Gasteiger charge is 2.34. The highest BCUT2D eigenvalue weighted by atomic mass is 16.5. The average Bonchev–Trinajstić information content (AvgIpc) is 2.61. The van der Waals surface area contributed by atoms with Crippen molar-refractivity contribution < 1.29 is 14.3 Å². The number of hydrogen-bond acceptors (Lipinski definition) is 5. The van der Waals surface area contributed by atoms with Crippen molar-refractivity contribution in [2.75, 3.05) is 38.6 Å². The summed E-state index contributed by atoms with van der Waals surface area (Å²) >= 11 is 0. The number of amides is 1. The molecule has 0 aromatic heterocycles. The van der Waals surface area contributed by atoms with E-state index in [1.807, 2.05) is 0 Å². The first-order valence-corrected chi connectivity index (χ1v) is 9.53. The summed E-state index contributed by atoms with van der Waals surface area (Å²) in [7, 11) is 1.35. The fourth-order valence-corrected chi connectivity index (χ4v) is 3.89. The molecule has 0 bridgehead atoms. The standard InChI is InChI=1S/C20H29N3O3/c1-15-5-3-4-11-23(15)18-13-22(14-18)12-10-19(24)21-17-8-6-16(7-9-17)20(25)26-2/h6-9,15,18H,3-5,10-14H2,1-2H3,(H,21,24). The van der Waals surface area contributed by atoms with E-state index in [1.54, 1.807) is 24.3 Å². The van der Waals surface area contributed by atoms with E-state index < -0.39 is 0 Å². The second kappa shape index (κ2) is 8.64. The van der Waals surface area contributed by atoms with Crippen LogP contribution in [0.5, 0.6) is 0 Å². The lowest BCUT2D eigenvalue weighted by molar-refractivity contribution is -0.117. The summed E-state index contributed by atoms with van der Waals surface area (Å²) in [5, 5.41) is 2.88. The van der Waals surface area contributed by atoms with Crippen LogP contribution in [0.4, 0.5) is 5.69 Å². The minimum Gasteiger partial charge on any atom is -0.465 e. The second-order valence-electron chi connectivity index (χ2n) is 7.36. The van der Waals surface area contributed by atoms with E-state index in [0.29, 0.717) is 29.8 Å². The van der Waals surface area contributed by atoms with Gasteiger partial charge in [0, 0.05) is 43.8 Å². The molecule has 26 heavy (non-hydrogen) atoms. The molecule has 2 aliphatic rings. The summed E-state index contributed by atoms with van der Waals surface area (Å²) in [4.78, 5) is 28.5. The Morgan fingerprint density at radius 3 is 2.58 bits per heavy atom. The van der Waals surface area contributed by atoms with Crippen molar-refractivity contribution in [2.24, 2.45) is 0 Å². The minimum atomic E-state index is -0.377. The van der Waals surface area contributed by atoms with Crippen LogP contribution < -0.4 is 5.32 Å². The Labute approximate surface area is 155 Å². The first-order chi connectivity index (χ1) is 12.6. The Hall–Kier alpha value is -1.92. The van der Waals surface area contributed by atoms with Crippen LogP contribution in [0, 0.1) is 0 Å². The Balaban J connectivity index is 1.37. The summed E-state index contributed by atoms with van der Waals surface area (Å²) in [6.45, 7) is 6.50. The van der Waals surface area contributed by atoms with Gasteiger partial charge in [-0.1, -0.05) is 6.42 Å². The molecule has 1 N–H and O–H groups in total. The van der Waals surface area contributed by atoms with Crippen molar-refractivity contribution in [1.82, 2.24) is 9.80 Å². The molecular weight excluding hydrogens is 330 g/mol. The highest BCUT2D eigenvalue weighted by Crippen LogP contribution is 2.24. The van der Waals surface area contributed by atoms with Crippen molar-refractivity contribution in [2.45, 2.75) is 44.7 Å². The molecule has 6 heteroatoms. The molecule has 2 saturated heterocycles. The second-order valence-corrected chi connectivity index (χ2v) is 7.36. The molecule has 2 heterocycles. The number of nitrogens with zero attached hydrogens (tertiary/aromatic N) is 2. The van der Waals surface area contributed by atoms with Crippen LogP contribution in [0.2, 0.25) is 0 Å². The van der Waals surface area contributed by atoms with Crippen molar-refractivity contribution >= 4 is 17.6 Å². The molecule has 1 unspecified atom stereocenters. The Morgan fingerprint density at radius 1 is 1.19 bits per heavy atom. The predicted molar refractivity (Wildman–Crippen MR) is 101 cm³/mol. The van der Waals surface area contributed by atoms with Gasteiger partial charge in [-0.25, -0.2) is 4.79 Å². The Morgan fingerprint density at radius 2 is 1.92 bits per heavy atom. The number of nitrogens with one attached hydrogen (secondary N) is 1. The predicted octanol–water partition coefficient (Wildman–Crippen LogP) is 2.36. The quantitative estimate of drug-likeness (QED) is 0.790. The summed E-state index contributed by atoms with van der Waals surface area (Å²) in [5.74, 6) is -0.371. The van der Waals surface area contributed by atoms with E-state index in [9.17, 15) is 9.59 Å². The number of rotatable bonds is 6. The van der Waals surface area contributed by atoms with E-state index in [0.717, 1.165) is 19.6 Å². The average molecular weight is 359 g/mol. The van der Waals surface area contributed by atoms with Crippen LogP contribution in [0.1, 0.15) is 43.0 Å². The molecule has 0 saturated carbocycles. The fourth-order valence-electron chi connectivity index (χ4n) is 3.89. The summed E-state index contributed by atoms with van der Waals surface area (Å²) < 4.78 is 4.66. The number of hydrogen-bond donors (Lipinski definition) is 1. The van der Waals surface area contributed by atoms with Gasteiger partial charge in [-0.05, 0) is 50.6 Å². The van der Waals surface area contributed by atoms with Crippen molar-refractivity contribution in [3.8, 4) is 0 Å². The van der Waals surface area contributed by atoms with Gasteiger partial charge in [0.2, 0.25) is 5.91 Å². The zero-order valence-corrected chi connectivity index (χ0v) is 15.7. The lowest BCUT2D eigenvalue weighted by Crippen LogP contribution is -2.62. The van der Waals surface area contributed by atoms with Gasteiger partial charge < -0.3 is 10.1 Å². The van der Waals surface area contributed by atoms with Crippen molar-refractivity contribution in [3.63, 3.8) is 0 Å². The number of anilines is 1. The van der Waals surface area contributed by atoms with E-state index in [2.05, 4.69) is 26.8 Å². The van der Waals surface area contributed by atoms with Gasteiger partial charge >= 0.3 is 5.97 Å². The van der Waals surface area contributed by atoms with Gasteiger partial charge in [0.1, 0.15) is 0 Å². The molecule has 3 rings (SSSR count). The van der Waals surface area contributed by atoms with Crippen molar-refractivity contribution in [1.29, 1.82) is 0 Å². The first kappa shape index (κ1) is 18.9. The Kier molecular flexibility index (Phi) is 6.27. The van der Waals surface area contributed by atoms with Gasteiger partial charge in [0.05, 0.1) is 12.7 Å². The largest absolute Gasteiger partial charge is 0.465 e. The zero-order valence-electron chi connectivity index (χ0n) is 15.7. The lowest BCUT2D eigenvalue weighted by atomic mass is 9.97. The molecule has 0 spiro atoms. The van der Waals surface area contributed by atoms with Crippen LogP contribution in [0.3, 0.4) is 0 Å². The van der Waals surface area contributed by atoms with Gasteiger partial charge in [-0.15, -0.1) is 0 Å². The third-order valence-electron chi connectivity index (χ3n) is 5.51. The summed E-state index contributed by atoms with van der Waals surface area (Å²) in [6.07, 6.45) is 4.47. The minimum absolute atomic E-state index is 0.00519. The third kappa shape index (κ3) is 4.62. The Bertz CT molecular complexity index is 626. The third-order valence-corrected chi connectivity index (χ3v) is 5.51. The molecule has 1 aromatic carbocycles. The van der Waals surface area contributed by atoms with E-state index in [4.69, 9.17) is 0 Å². The monoisotopic (exact) mass is 359 g/mol. The maximum absolute atomic E-state index is 12.1. The van der Waals surface area contributed by atoms with Crippen LogP contribution in [0.25, 0.3) is 0 Å². The van der Waals surface area contributed by atoms with Crippen LogP contribution in [-0.2, 0) is 9.53 Å². The van der Waals surface area contributed by atoms with Crippen LogP contribution in [0.15, 0.2) is 24.3 Å². The molecule has 1 atom stereocenters. The summed E-state index contributed by atoms with van der Waals surface area (Å²) in [6, 6.07) is 8.12. The van der Waals surface area contributed by atoms with E-state index in [1.165, 1.54) is 32.9 Å². The maximum Gasteiger partial charge on any atom is 0.337 e. The molecule has 2 aliphatic heterocycles. The highest BCUT2D eigenvalue weighted by molar-refractivity contribution is 5.93. The topological polar surface area (TPSA) is 61.9 Å². The molecule has 0 aliphatic carbocycles. The molecule has 142 valence electrons. The number of ether oxygens (including phenoxy) is 1. The smallest absolute Gasteiger partial charge is 0.337 e. The SMILES string of the molecule is COC(=O)c1ccc(NC(=O)CCN2CC(N3CCCCC3C)C2)cc1. The van der Waals surface area contributed by atoms with Crippen molar-refractivity contribution in [3.05, 3.63) is 29.8 Å². The number of benzene rings is 1. The van der Waals surface area contributed by atoms with Crippen LogP contribution in [-0.4, -0.2) is 67.0 Å². The van der Waals surface area contributed by atoms with E-state index in [-0.39, 0.29) is 11.9 Å². The van der Waals surface area contributed by atoms with Gasteiger partial charge in [0.25, 0.3) is 0 Å². The normalized spacial score (nSPS) is 21.8. The first-order valence-electron chi connectivity index (χ1n) is 9.53. The molecule has 1 amide bonds. The molecule has 0 radical (unpaired) electrons. The van der Waals surface area contributed by atoms with Gasteiger partial charge in [-0.3, -0.25) is 14.6 Å². The molecular formula is C20H29N3O3. The number of piperidine rings is 1. The number of methoxy groups -OCH3 is 1. The fraction of sp³-hybridized carbons (Fsp3) is 0.600. The zero-order chi connectivity index (χ0) is 18.5. The molecule has 2 fully saturated rings. The van der Waals surface area contributed by atoms with Gasteiger partial charge in [-0.2, -0.15) is 0 Å². The maximum atomic E-state index is 12.1. The number of carbonyl (C=O) groups excluding carboxylic acids is 2.